The first-order valence-corrected chi connectivity index (χ1v) is 4.80. The Labute approximate surface area is 79.2 Å². The Morgan fingerprint density at radius 1 is 1.29 bits per heavy atom. The van der Waals surface area contributed by atoms with Gasteiger partial charge in [-0.25, -0.2) is 4.79 Å². The molecule has 0 amide bonds. The molecule has 0 unspecified atom stereocenters. The third-order valence-electron chi connectivity index (χ3n) is 1.48. The molecule has 0 aromatic heterocycles. The molecule has 0 saturated heterocycles. The number of phenolic OH excluding ortho intramolecular Hbond substituents is 1. The van der Waals surface area contributed by atoms with Gasteiger partial charge in [-0.15, -0.1) is 0 Å². The standard InChI is InChI=1S/C7H6O6S/c8-5-3-4(7(9)10)1-2-6(5)14(11,12)13/h1-3,8H,(H,9,10)(H,11,12,13). The van der Waals surface area contributed by atoms with Crippen LogP contribution in [0, 0.1) is 0 Å². The summed E-state index contributed by atoms with van der Waals surface area (Å²) in [5, 5.41) is 17.6. The van der Waals surface area contributed by atoms with Crippen LogP contribution in [0.15, 0.2) is 23.1 Å². The molecule has 0 atom stereocenters. The first-order valence-electron chi connectivity index (χ1n) is 3.36. The molecule has 3 N–H and O–H groups in total. The Kier molecular flexibility index (Phi) is 2.45. The van der Waals surface area contributed by atoms with Crippen LogP contribution in [0.2, 0.25) is 0 Å². The molecule has 76 valence electrons. The maximum atomic E-state index is 10.6. The Morgan fingerprint density at radius 2 is 1.86 bits per heavy atom. The highest BCUT2D eigenvalue weighted by molar-refractivity contribution is 7.86. The molecule has 1 aromatic rings. The maximum absolute atomic E-state index is 10.6. The summed E-state index contributed by atoms with van der Waals surface area (Å²) in [6.07, 6.45) is 0. The van der Waals surface area contributed by atoms with Gasteiger partial charge in [-0.1, -0.05) is 0 Å². The van der Waals surface area contributed by atoms with Crippen LogP contribution in [-0.2, 0) is 10.1 Å². The Bertz CT molecular complexity index is 475. The van der Waals surface area contributed by atoms with Crippen molar-refractivity contribution in [3.63, 3.8) is 0 Å². The van der Waals surface area contributed by atoms with E-state index in [1.807, 2.05) is 0 Å². The zero-order chi connectivity index (χ0) is 10.9. The predicted molar refractivity (Wildman–Crippen MR) is 44.9 cm³/mol. The van der Waals surface area contributed by atoms with E-state index in [0.717, 1.165) is 18.2 Å². The number of aromatic carboxylic acids is 1. The van der Waals surface area contributed by atoms with Crippen molar-refractivity contribution in [2.75, 3.05) is 0 Å². The van der Waals surface area contributed by atoms with E-state index in [1.165, 1.54) is 0 Å². The minimum atomic E-state index is -4.52. The molecule has 0 heterocycles. The summed E-state index contributed by atoms with van der Waals surface area (Å²) in [5.74, 6) is -2.10. The lowest BCUT2D eigenvalue weighted by molar-refractivity contribution is 0.0696. The van der Waals surface area contributed by atoms with Crippen molar-refractivity contribution < 1.29 is 28.0 Å². The van der Waals surface area contributed by atoms with E-state index in [1.54, 1.807) is 0 Å². The van der Waals surface area contributed by atoms with Gasteiger partial charge in [0.05, 0.1) is 5.56 Å². The fourth-order valence-electron chi connectivity index (χ4n) is 0.869. The quantitative estimate of drug-likeness (QED) is 0.617. The molecule has 14 heavy (non-hydrogen) atoms. The van der Waals surface area contributed by atoms with Gasteiger partial charge in [0.15, 0.2) is 0 Å². The van der Waals surface area contributed by atoms with Crippen LogP contribution < -0.4 is 0 Å². The van der Waals surface area contributed by atoms with E-state index in [4.69, 9.17) is 14.8 Å². The van der Waals surface area contributed by atoms with Crippen molar-refractivity contribution >= 4 is 16.1 Å². The van der Waals surface area contributed by atoms with Gasteiger partial charge in [-0.3, -0.25) is 4.55 Å². The second kappa shape index (κ2) is 3.28. The third-order valence-corrected chi connectivity index (χ3v) is 2.38. The highest BCUT2D eigenvalue weighted by atomic mass is 32.2. The summed E-state index contributed by atoms with van der Waals surface area (Å²) in [6, 6.07) is 2.52. The van der Waals surface area contributed by atoms with Crippen LogP contribution in [0.4, 0.5) is 0 Å². The highest BCUT2D eigenvalue weighted by Gasteiger charge is 2.16. The molecule has 6 nitrogen and oxygen atoms in total. The highest BCUT2D eigenvalue weighted by Crippen LogP contribution is 2.23. The lowest BCUT2D eigenvalue weighted by Crippen LogP contribution is -2.01. The van der Waals surface area contributed by atoms with Gasteiger partial charge in [0.2, 0.25) is 0 Å². The fraction of sp³-hybridized carbons (Fsp3) is 0. The van der Waals surface area contributed by atoms with Crippen molar-refractivity contribution in [1.82, 2.24) is 0 Å². The van der Waals surface area contributed by atoms with Crippen LogP contribution in [0.3, 0.4) is 0 Å². The average Bonchev–Trinajstić information content (AvgIpc) is 2.01. The van der Waals surface area contributed by atoms with Crippen molar-refractivity contribution in [2.24, 2.45) is 0 Å². The first-order chi connectivity index (χ1) is 6.32. The van der Waals surface area contributed by atoms with Crippen LogP contribution >= 0.6 is 0 Å². The number of carboxylic acids is 1. The second-order valence-corrected chi connectivity index (χ2v) is 3.85. The SMILES string of the molecule is O=C(O)c1ccc(S(=O)(=O)O)c(O)c1. The molecule has 0 bridgehead atoms. The van der Waals surface area contributed by atoms with Gasteiger partial charge in [-0.2, -0.15) is 8.42 Å². The number of benzene rings is 1. The molecule has 7 heteroatoms. The average molecular weight is 218 g/mol. The van der Waals surface area contributed by atoms with Gasteiger partial charge >= 0.3 is 5.97 Å². The summed E-state index contributed by atoms with van der Waals surface area (Å²) < 4.78 is 29.7. The fourth-order valence-corrected chi connectivity index (χ4v) is 1.43. The van der Waals surface area contributed by atoms with E-state index < -0.39 is 26.7 Å². The number of aromatic hydroxyl groups is 1. The summed E-state index contributed by atoms with van der Waals surface area (Å²) in [4.78, 5) is 9.67. The van der Waals surface area contributed by atoms with Crippen molar-refractivity contribution in [2.45, 2.75) is 4.90 Å². The third kappa shape index (κ3) is 2.01. The number of hydrogen-bond donors (Lipinski definition) is 3. The molecule has 1 aromatic carbocycles. The Balaban J connectivity index is 3.35. The number of carbonyl (C=O) groups is 1. The van der Waals surface area contributed by atoms with Crippen molar-refractivity contribution in [3.8, 4) is 5.75 Å². The zero-order valence-corrected chi connectivity index (χ0v) is 7.52. The Morgan fingerprint density at radius 3 is 2.21 bits per heavy atom. The minimum Gasteiger partial charge on any atom is -0.506 e. The van der Waals surface area contributed by atoms with Gasteiger partial charge < -0.3 is 10.2 Å². The largest absolute Gasteiger partial charge is 0.506 e. The topological polar surface area (TPSA) is 112 Å². The van der Waals surface area contributed by atoms with E-state index in [0.29, 0.717) is 0 Å². The number of phenols is 1. The van der Waals surface area contributed by atoms with Crippen LogP contribution in [0.5, 0.6) is 5.75 Å². The molecular formula is C7H6O6S. The second-order valence-electron chi connectivity index (χ2n) is 2.46. The number of rotatable bonds is 2. The minimum absolute atomic E-state index is 0.269. The predicted octanol–water partition coefficient (Wildman–Crippen LogP) is 0.337. The van der Waals surface area contributed by atoms with Crippen LogP contribution in [-0.4, -0.2) is 29.2 Å². The number of carboxylic acid groups (broad SMARTS) is 1. The smallest absolute Gasteiger partial charge is 0.335 e. The van der Waals surface area contributed by atoms with Crippen LogP contribution in [0.1, 0.15) is 10.4 Å². The molecule has 0 radical (unpaired) electrons. The van der Waals surface area contributed by atoms with Gasteiger partial charge in [-0.05, 0) is 18.2 Å². The molecule has 0 fully saturated rings. The Hall–Kier alpha value is -1.60. The molecular weight excluding hydrogens is 212 g/mol. The van der Waals surface area contributed by atoms with E-state index in [9.17, 15) is 13.2 Å². The van der Waals surface area contributed by atoms with Crippen molar-refractivity contribution in [1.29, 1.82) is 0 Å². The molecule has 1 rings (SSSR count). The van der Waals surface area contributed by atoms with Gasteiger partial charge in [0, 0.05) is 0 Å². The molecule has 0 aliphatic rings. The number of hydrogen-bond acceptors (Lipinski definition) is 4. The van der Waals surface area contributed by atoms with Gasteiger partial charge in [0.1, 0.15) is 10.6 Å². The normalized spacial score (nSPS) is 11.2. The van der Waals surface area contributed by atoms with E-state index in [-0.39, 0.29) is 5.56 Å². The summed E-state index contributed by atoms with van der Waals surface area (Å²) in [7, 11) is -4.52. The lowest BCUT2D eigenvalue weighted by Gasteiger charge is -2.01. The summed E-state index contributed by atoms with van der Waals surface area (Å²) in [5.41, 5.74) is -0.269. The zero-order valence-electron chi connectivity index (χ0n) is 6.71. The maximum Gasteiger partial charge on any atom is 0.335 e. The van der Waals surface area contributed by atoms with Gasteiger partial charge in [0.25, 0.3) is 10.1 Å². The summed E-state index contributed by atoms with van der Waals surface area (Å²) >= 11 is 0. The van der Waals surface area contributed by atoms with Crippen molar-refractivity contribution in [3.05, 3.63) is 23.8 Å². The molecule has 0 saturated carbocycles. The molecule has 0 spiro atoms. The monoisotopic (exact) mass is 218 g/mol. The summed E-state index contributed by atoms with van der Waals surface area (Å²) in [6.45, 7) is 0. The first kappa shape index (κ1) is 10.5. The molecule has 0 aliphatic carbocycles. The molecule has 0 aliphatic heterocycles. The van der Waals surface area contributed by atoms with Crippen LogP contribution in [0.25, 0.3) is 0 Å². The lowest BCUT2D eigenvalue weighted by atomic mass is 10.2. The van der Waals surface area contributed by atoms with E-state index >= 15 is 0 Å². The van der Waals surface area contributed by atoms with E-state index in [2.05, 4.69) is 0 Å².